The molecule has 4 nitrogen and oxygen atoms in total. The molecule has 1 aromatic rings. The first-order valence-corrected chi connectivity index (χ1v) is 8.73. The molecule has 0 saturated carbocycles. The fourth-order valence-electron chi connectivity index (χ4n) is 1.81. The first-order chi connectivity index (χ1) is 10.3. The molecule has 0 spiro atoms. The quantitative estimate of drug-likeness (QED) is 0.394. The summed E-state index contributed by atoms with van der Waals surface area (Å²) in [5.41, 5.74) is 0.680. The summed E-state index contributed by atoms with van der Waals surface area (Å²) in [6.45, 7) is 7.06. The highest BCUT2D eigenvalue weighted by Crippen LogP contribution is 2.10. The molecule has 0 radical (unpaired) electrons. The molecule has 132 valence electrons. The minimum Gasteiger partial charge on any atom is -0.356 e. The van der Waals surface area contributed by atoms with E-state index < -0.39 is 10.8 Å². The van der Waals surface area contributed by atoms with Gasteiger partial charge in [-0.3, -0.25) is 9.20 Å². The topological polar surface area (TPSA) is 53.5 Å². The number of halogens is 2. The van der Waals surface area contributed by atoms with Crippen molar-refractivity contribution in [1.29, 1.82) is 0 Å². The van der Waals surface area contributed by atoms with Gasteiger partial charge in [0.15, 0.2) is 5.96 Å². The lowest BCUT2D eigenvalue weighted by molar-refractivity contribution is 0.607. The van der Waals surface area contributed by atoms with Gasteiger partial charge in [-0.15, -0.1) is 24.0 Å². The largest absolute Gasteiger partial charge is 0.356 e. The fourth-order valence-corrected chi connectivity index (χ4v) is 2.71. The Hall–Kier alpha value is -0.700. The standard InChI is InChI=1S/C16H26FN3OS.HI/c1-16(2,3)22(21)12-11-20-15(18-4)19-10-9-13-7-5-6-8-14(13)17;/h5-8H,9-12H2,1-4H3,(H2,18,19,20);1H. The van der Waals surface area contributed by atoms with Crippen LogP contribution in [0.15, 0.2) is 29.3 Å². The maximum atomic E-state index is 13.5. The normalized spacial score (nSPS) is 13.2. The Bertz CT molecular complexity index is 532. The van der Waals surface area contributed by atoms with E-state index in [1.165, 1.54) is 6.07 Å². The number of hydrogen-bond acceptors (Lipinski definition) is 2. The van der Waals surface area contributed by atoms with Gasteiger partial charge in [0.05, 0.1) is 0 Å². The number of nitrogens with one attached hydrogen (secondary N) is 2. The van der Waals surface area contributed by atoms with Gasteiger partial charge in [0.2, 0.25) is 0 Å². The lowest BCUT2D eigenvalue weighted by Gasteiger charge is -2.18. The molecule has 0 saturated heterocycles. The second-order valence-corrected chi connectivity index (χ2v) is 8.25. The van der Waals surface area contributed by atoms with Gasteiger partial charge in [-0.2, -0.15) is 0 Å². The van der Waals surface area contributed by atoms with E-state index in [-0.39, 0.29) is 34.5 Å². The average molecular weight is 455 g/mol. The Morgan fingerprint density at radius 2 is 1.83 bits per heavy atom. The number of guanidine groups is 1. The van der Waals surface area contributed by atoms with Crippen LogP contribution in [0.4, 0.5) is 4.39 Å². The molecule has 7 heteroatoms. The van der Waals surface area contributed by atoms with E-state index >= 15 is 0 Å². The van der Waals surface area contributed by atoms with Crippen molar-refractivity contribution in [1.82, 2.24) is 10.6 Å². The average Bonchev–Trinajstić information content (AvgIpc) is 2.46. The van der Waals surface area contributed by atoms with E-state index in [0.717, 1.165) is 0 Å². The third-order valence-electron chi connectivity index (χ3n) is 3.13. The molecule has 0 amide bonds. The molecule has 0 aromatic heterocycles. The summed E-state index contributed by atoms with van der Waals surface area (Å²) in [5.74, 6) is 1.02. The molecule has 0 heterocycles. The highest BCUT2D eigenvalue weighted by atomic mass is 127. The van der Waals surface area contributed by atoms with Crippen molar-refractivity contribution in [3.05, 3.63) is 35.6 Å². The van der Waals surface area contributed by atoms with Gasteiger partial charge in [-0.05, 0) is 38.8 Å². The molecule has 0 aliphatic carbocycles. The van der Waals surface area contributed by atoms with E-state index in [2.05, 4.69) is 15.6 Å². The van der Waals surface area contributed by atoms with Crippen molar-refractivity contribution in [2.75, 3.05) is 25.9 Å². The second-order valence-electron chi connectivity index (χ2n) is 5.93. The summed E-state index contributed by atoms with van der Waals surface area (Å²) in [6.07, 6.45) is 0.585. The van der Waals surface area contributed by atoms with Gasteiger partial charge in [0.25, 0.3) is 0 Å². The van der Waals surface area contributed by atoms with Crippen LogP contribution in [0.2, 0.25) is 0 Å². The lowest BCUT2D eigenvalue weighted by atomic mass is 10.1. The zero-order valence-corrected chi connectivity index (χ0v) is 17.3. The summed E-state index contributed by atoms with van der Waals surface area (Å²) in [4.78, 5) is 4.10. The van der Waals surface area contributed by atoms with E-state index in [9.17, 15) is 8.60 Å². The van der Waals surface area contributed by atoms with Gasteiger partial charge in [-0.1, -0.05) is 18.2 Å². The van der Waals surface area contributed by atoms with Crippen LogP contribution < -0.4 is 10.6 Å². The van der Waals surface area contributed by atoms with Crippen LogP contribution >= 0.6 is 24.0 Å². The Balaban J connectivity index is 0.00000484. The first kappa shape index (κ1) is 22.3. The summed E-state index contributed by atoms with van der Waals surface area (Å²) < 4.78 is 25.2. The zero-order valence-electron chi connectivity index (χ0n) is 14.2. The predicted octanol–water partition coefficient (Wildman–Crippen LogP) is 2.70. The molecule has 0 bridgehead atoms. The molecule has 1 atom stereocenters. The first-order valence-electron chi connectivity index (χ1n) is 7.41. The fraction of sp³-hybridized carbons (Fsp3) is 0.562. The van der Waals surface area contributed by atoms with Crippen molar-refractivity contribution in [2.45, 2.75) is 31.9 Å². The molecule has 0 fully saturated rings. The van der Waals surface area contributed by atoms with Crippen LogP contribution in [0, 0.1) is 5.82 Å². The van der Waals surface area contributed by atoms with Crippen molar-refractivity contribution >= 4 is 40.7 Å². The third-order valence-corrected chi connectivity index (χ3v) is 5.07. The lowest BCUT2D eigenvalue weighted by Crippen LogP contribution is -2.41. The Kier molecular flexibility index (Phi) is 10.6. The summed E-state index contributed by atoms with van der Waals surface area (Å²) in [5, 5.41) is 6.26. The molecule has 23 heavy (non-hydrogen) atoms. The maximum absolute atomic E-state index is 13.5. The molecule has 1 unspecified atom stereocenters. The van der Waals surface area contributed by atoms with Crippen LogP contribution in [-0.4, -0.2) is 40.8 Å². The molecule has 1 rings (SSSR count). The van der Waals surface area contributed by atoms with Crippen LogP contribution in [0.3, 0.4) is 0 Å². The Labute approximate surface area is 158 Å². The minimum atomic E-state index is -0.889. The summed E-state index contributed by atoms with van der Waals surface area (Å²) in [6, 6.07) is 6.75. The molecule has 0 aliphatic rings. The number of nitrogens with zero attached hydrogens (tertiary/aromatic N) is 1. The number of hydrogen-bond donors (Lipinski definition) is 2. The van der Waals surface area contributed by atoms with Crippen LogP contribution in [0.25, 0.3) is 0 Å². The van der Waals surface area contributed by atoms with Gasteiger partial charge >= 0.3 is 0 Å². The zero-order chi connectivity index (χ0) is 16.6. The summed E-state index contributed by atoms with van der Waals surface area (Å²) >= 11 is 0. The van der Waals surface area contributed by atoms with Crippen LogP contribution in [0.1, 0.15) is 26.3 Å². The van der Waals surface area contributed by atoms with Crippen molar-refractivity contribution < 1.29 is 8.60 Å². The molecule has 2 N–H and O–H groups in total. The molecule has 1 aromatic carbocycles. The van der Waals surface area contributed by atoms with Crippen LogP contribution in [-0.2, 0) is 17.2 Å². The summed E-state index contributed by atoms with van der Waals surface area (Å²) in [7, 11) is 0.791. The number of benzene rings is 1. The minimum absolute atomic E-state index is 0. The van der Waals surface area contributed by atoms with Gasteiger partial charge in [-0.25, -0.2) is 4.39 Å². The highest BCUT2D eigenvalue weighted by Gasteiger charge is 2.18. The molecular formula is C16H27FIN3OS. The Morgan fingerprint density at radius 3 is 2.39 bits per heavy atom. The van der Waals surface area contributed by atoms with Crippen molar-refractivity contribution in [3.63, 3.8) is 0 Å². The van der Waals surface area contributed by atoms with E-state index in [1.807, 2.05) is 26.8 Å². The van der Waals surface area contributed by atoms with Gasteiger partial charge in [0.1, 0.15) is 5.82 Å². The highest BCUT2D eigenvalue weighted by molar-refractivity contribution is 14.0. The maximum Gasteiger partial charge on any atom is 0.191 e. The van der Waals surface area contributed by atoms with E-state index in [0.29, 0.717) is 36.8 Å². The third kappa shape index (κ3) is 8.64. The van der Waals surface area contributed by atoms with Crippen molar-refractivity contribution in [3.8, 4) is 0 Å². The van der Waals surface area contributed by atoms with Gasteiger partial charge < -0.3 is 10.6 Å². The van der Waals surface area contributed by atoms with E-state index in [4.69, 9.17) is 0 Å². The molecular weight excluding hydrogens is 428 g/mol. The SMILES string of the molecule is CN=C(NCCc1ccccc1F)NCCS(=O)C(C)(C)C.I. The predicted molar refractivity (Wildman–Crippen MR) is 108 cm³/mol. The Morgan fingerprint density at radius 1 is 1.22 bits per heavy atom. The number of aliphatic imine (C=N–C) groups is 1. The van der Waals surface area contributed by atoms with Gasteiger partial charge in [0, 0.05) is 41.4 Å². The van der Waals surface area contributed by atoms with Crippen molar-refractivity contribution in [2.24, 2.45) is 4.99 Å². The molecule has 0 aliphatic heterocycles. The van der Waals surface area contributed by atoms with E-state index in [1.54, 1.807) is 19.2 Å². The number of rotatable bonds is 6. The monoisotopic (exact) mass is 455 g/mol. The second kappa shape index (κ2) is 11.0. The smallest absolute Gasteiger partial charge is 0.191 e. The van der Waals surface area contributed by atoms with Crippen LogP contribution in [0.5, 0.6) is 0 Å².